The zero-order valence-electron chi connectivity index (χ0n) is 14.4. The number of hydrogen-bond acceptors (Lipinski definition) is 4. The smallest absolute Gasteiger partial charge is 0.253 e. The summed E-state index contributed by atoms with van der Waals surface area (Å²) >= 11 is 0. The van der Waals surface area contributed by atoms with Crippen LogP contribution in [0.4, 0.5) is 0 Å². The van der Waals surface area contributed by atoms with Crippen LogP contribution in [0.2, 0.25) is 0 Å². The van der Waals surface area contributed by atoms with E-state index in [0.717, 1.165) is 49.1 Å². The van der Waals surface area contributed by atoms with Crippen molar-refractivity contribution in [3.05, 3.63) is 23.7 Å². The number of piperidine rings is 1. The maximum absolute atomic E-state index is 12.8. The van der Waals surface area contributed by atoms with E-state index in [2.05, 4.69) is 20.6 Å². The predicted molar refractivity (Wildman–Crippen MR) is 95.4 cm³/mol. The first-order chi connectivity index (χ1) is 12.3. The molecule has 3 N–H and O–H groups in total. The van der Waals surface area contributed by atoms with Gasteiger partial charge in [-0.15, -0.1) is 0 Å². The first-order valence-electron chi connectivity index (χ1n) is 9.64. The number of H-pyrrole nitrogens is 1. The number of aromatic amines is 1. The molecule has 1 aliphatic heterocycles. The molecule has 0 radical (unpaired) electrons. The van der Waals surface area contributed by atoms with Gasteiger partial charge in [0, 0.05) is 24.7 Å². The average molecular weight is 339 g/mol. The summed E-state index contributed by atoms with van der Waals surface area (Å²) in [4.78, 5) is 25.4. The summed E-state index contributed by atoms with van der Waals surface area (Å²) in [6.45, 7) is 1.89. The number of amides is 1. The second-order valence-electron chi connectivity index (χ2n) is 7.98. The highest BCUT2D eigenvalue weighted by Gasteiger charge is 2.41. The third-order valence-corrected chi connectivity index (χ3v) is 6.38. The molecule has 6 nitrogen and oxygen atoms in total. The van der Waals surface area contributed by atoms with Crippen LogP contribution >= 0.6 is 0 Å². The van der Waals surface area contributed by atoms with Gasteiger partial charge >= 0.3 is 0 Å². The lowest BCUT2D eigenvalue weighted by atomic mass is 9.88. The van der Waals surface area contributed by atoms with Gasteiger partial charge in [-0.2, -0.15) is 0 Å². The van der Waals surface area contributed by atoms with E-state index in [1.165, 1.54) is 25.7 Å². The van der Waals surface area contributed by atoms with E-state index >= 15 is 0 Å². The van der Waals surface area contributed by atoms with Crippen LogP contribution in [0.1, 0.15) is 60.6 Å². The molecular weight excluding hydrogens is 314 g/mol. The Kier molecular flexibility index (Phi) is 3.73. The maximum Gasteiger partial charge on any atom is 0.253 e. The molecule has 0 spiro atoms. The van der Waals surface area contributed by atoms with Gasteiger partial charge < -0.3 is 15.6 Å². The first-order valence-corrected chi connectivity index (χ1v) is 9.64. The van der Waals surface area contributed by atoms with Crippen molar-refractivity contribution in [1.82, 2.24) is 25.6 Å². The molecule has 1 amide bonds. The summed E-state index contributed by atoms with van der Waals surface area (Å²) in [7, 11) is 0. The minimum Gasteiger partial charge on any atom is -0.348 e. The zero-order valence-corrected chi connectivity index (χ0v) is 14.4. The fourth-order valence-corrected chi connectivity index (χ4v) is 5.11. The van der Waals surface area contributed by atoms with Crippen molar-refractivity contribution < 1.29 is 4.79 Å². The predicted octanol–water partition coefficient (Wildman–Crippen LogP) is 2.34. The standard InChI is InChI=1S/C19H25N5O/c25-19(22-13-2-1-6-20-10-13)14-5-7-21-18-16(14)23-17(24-18)15-9-11-3-4-12(15)8-11/h5,7,11-13,15,20H,1-4,6,8-10H2,(H,22,25)(H,21,23,24)/t11?,12?,13-,15?/m0/s1. The highest BCUT2D eigenvalue weighted by molar-refractivity contribution is 6.04. The summed E-state index contributed by atoms with van der Waals surface area (Å²) in [5.74, 6) is 3.17. The molecule has 3 heterocycles. The van der Waals surface area contributed by atoms with Gasteiger partial charge in [-0.3, -0.25) is 4.79 Å². The van der Waals surface area contributed by atoms with Crippen LogP contribution in [0.3, 0.4) is 0 Å². The van der Waals surface area contributed by atoms with E-state index in [1.807, 2.05) is 0 Å². The van der Waals surface area contributed by atoms with Gasteiger partial charge in [-0.05, 0) is 56.6 Å². The molecule has 0 aromatic carbocycles. The monoisotopic (exact) mass is 339 g/mol. The third kappa shape index (κ3) is 2.72. The molecule has 3 unspecified atom stereocenters. The number of fused-ring (bicyclic) bond motifs is 3. The molecule has 2 saturated carbocycles. The van der Waals surface area contributed by atoms with Crippen molar-refractivity contribution in [2.45, 2.75) is 50.5 Å². The quantitative estimate of drug-likeness (QED) is 0.801. The summed E-state index contributed by atoms with van der Waals surface area (Å²) in [5.41, 5.74) is 2.13. The summed E-state index contributed by atoms with van der Waals surface area (Å²) in [6, 6.07) is 2.01. The summed E-state index contributed by atoms with van der Waals surface area (Å²) in [5, 5.41) is 6.49. The van der Waals surface area contributed by atoms with Gasteiger partial charge in [-0.1, -0.05) is 6.42 Å². The number of nitrogens with one attached hydrogen (secondary N) is 3. The van der Waals surface area contributed by atoms with Crippen molar-refractivity contribution in [3.8, 4) is 0 Å². The number of rotatable bonds is 3. The SMILES string of the molecule is O=C(N[C@H]1CCCNC1)c1ccnc2nc(C3CC4CCC3C4)[nH]c12. The molecular formula is C19H25N5O. The second-order valence-corrected chi connectivity index (χ2v) is 7.98. The highest BCUT2D eigenvalue weighted by Crippen LogP contribution is 2.52. The molecule has 25 heavy (non-hydrogen) atoms. The molecule has 2 aromatic heterocycles. The van der Waals surface area contributed by atoms with Crippen LogP contribution in [0.25, 0.3) is 11.2 Å². The molecule has 2 aliphatic carbocycles. The van der Waals surface area contributed by atoms with Gasteiger partial charge in [0.2, 0.25) is 0 Å². The van der Waals surface area contributed by atoms with Crippen molar-refractivity contribution in [2.24, 2.45) is 11.8 Å². The molecule has 6 heteroatoms. The highest BCUT2D eigenvalue weighted by atomic mass is 16.1. The van der Waals surface area contributed by atoms with E-state index in [0.29, 0.717) is 17.1 Å². The number of carbonyl (C=O) groups is 1. The second kappa shape index (κ2) is 6.09. The molecule has 1 saturated heterocycles. The van der Waals surface area contributed by atoms with Crippen LogP contribution in [0.15, 0.2) is 12.3 Å². The largest absolute Gasteiger partial charge is 0.348 e. The minimum atomic E-state index is -0.0238. The van der Waals surface area contributed by atoms with E-state index in [9.17, 15) is 4.79 Å². The van der Waals surface area contributed by atoms with Crippen molar-refractivity contribution in [2.75, 3.05) is 13.1 Å². The Morgan fingerprint density at radius 2 is 2.20 bits per heavy atom. The van der Waals surface area contributed by atoms with Crippen LogP contribution in [-0.4, -0.2) is 40.0 Å². The van der Waals surface area contributed by atoms with E-state index in [1.54, 1.807) is 12.3 Å². The number of pyridine rings is 1. The van der Waals surface area contributed by atoms with Gasteiger partial charge in [-0.25, -0.2) is 9.97 Å². The van der Waals surface area contributed by atoms with Gasteiger partial charge in [0.1, 0.15) is 5.82 Å². The van der Waals surface area contributed by atoms with Crippen molar-refractivity contribution in [3.63, 3.8) is 0 Å². The maximum atomic E-state index is 12.8. The Morgan fingerprint density at radius 1 is 1.24 bits per heavy atom. The summed E-state index contributed by atoms with van der Waals surface area (Å²) in [6.07, 6.45) is 9.12. The third-order valence-electron chi connectivity index (χ3n) is 6.38. The lowest BCUT2D eigenvalue weighted by Gasteiger charge is -2.23. The lowest BCUT2D eigenvalue weighted by Crippen LogP contribution is -2.45. The first kappa shape index (κ1) is 15.3. The molecule has 3 aliphatic rings. The number of imidazole rings is 1. The molecule has 132 valence electrons. The van der Waals surface area contributed by atoms with Crippen LogP contribution in [-0.2, 0) is 0 Å². The lowest BCUT2D eigenvalue weighted by molar-refractivity contribution is 0.0932. The van der Waals surface area contributed by atoms with Crippen molar-refractivity contribution in [1.29, 1.82) is 0 Å². The van der Waals surface area contributed by atoms with Gasteiger partial charge in [0.15, 0.2) is 5.65 Å². The Morgan fingerprint density at radius 3 is 2.96 bits per heavy atom. The van der Waals surface area contributed by atoms with Crippen LogP contribution < -0.4 is 10.6 Å². The van der Waals surface area contributed by atoms with Gasteiger partial charge in [0.05, 0.1) is 11.1 Å². The van der Waals surface area contributed by atoms with Crippen molar-refractivity contribution >= 4 is 17.1 Å². The zero-order chi connectivity index (χ0) is 16.8. The molecule has 3 fully saturated rings. The molecule has 4 atom stereocenters. The van der Waals surface area contributed by atoms with Crippen LogP contribution in [0.5, 0.6) is 0 Å². The van der Waals surface area contributed by atoms with Gasteiger partial charge in [0.25, 0.3) is 5.91 Å². The minimum absolute atomic E-state index is 0.0238. The Hall–Kier alpha value is -1.95. The van der Waals surface area contributed by atoms with E-state index in [-0.39, 0.29) is 11.9 Å². The molecule has 2 bridgehead atoms. The molecule has 5 rings (SSSR count). The Balaban J connectivity index is 1.42. The average Bonchev–Trinajstić information content (AvgIpc) is 3.36. The fraction of sp³-hybridized carbons (Fsp3) is 0.632. The number of nitrogens with zero attached hydrogens (tertiary/aromatic N) is 2. The van der Waals surface area contributed by atoms with E-state index in [4.69, 9.17) is 4.98 Å². The number of aromatic nitrogens is 3. The number of carbonyl (C=O) groups excluding carboxylic acids is 1. The molecule has 2 aromatic rings. The topological polar surface area (TPSA) is 82.7 Å². The normalized spacial score (nSPS) is 31.5. The number of hydrogen-bond donors (Lipinski definition) is 3. The van der Waals surface area contributed by atoms with E-state index < -0.39 is 0 Å². The summed E-state index contributed by atoms with van der Waals surface area (Å²) < 4.78 is 0. The fourth-order valence-electron chi connectivity index (χ4n) is 5.11. The Bertz CT molecular complexity index is 794. The van der Waals surface area contributed by atoms with Crippen LogP contribution in [0, 0.1) is 11.8 Å². The Labute approximate surface area is 147 Å².